The Morgan fingerprint density at radius 1 is 1.21 bits per heavy atom. The first kappa shape index (κ1) is 13.6. The number of carbonyl (C=O) groups is 1. The average Bonchev–Trinajstić information content (AvgIpc) is 2.40. The van der Waals surface area contributed by atoms with Crippen LogP contribution in [-0.2, 0) is 11.2 Å². The average molecular weight is 279 g/mol. The standard InChI is InChI=1S/C15H12ClFO2/c16-12-6-7-14(17)11(8-12)9-13(15(18)19)10-4-2-1-3-5-10/h1-8,13H,9H2,(H,18,19). The lowest BCUT2D eigenvalue weighted by Crippen LogP contribution is -2.15. The molecule has 0 spiro atoms. The van der Waals surface area contributed by atoms with E-state index in [1.807, 2.05) is 6.07 Å². The Morgan fingerprint density at radius 2 is 1.89 bits per heavy atom. The Bertz CT molecular complexity index is 584. The van der Waals surface area contributed by atoms with Gasteiger partial charge in [-0.2, -0.15) is 0 Å². The van der Waals surface area contributed by atoms with Crippen LogP contribution in [0.15, 0.2) is 48.5 Å². The maximum absolute atomic E-state index is 13.7. The fraction of sp³-hybridized carbons (Fsp3) is 0.133. The molecule has 0 aromatic heterocycles. The molecular weight excluding hydrogens is 267 g/mol. The topological polar surface area (TPSA) is 37.3 Å². The van der Waals surface area contributed by atoms with Gasteiger partial charge in [-0.25, -0.2) is 4.39 Å². The van der Waals surface area contributed by atoms with E-state index in [-0.39, 0.29) is 6.42 Å². The number of rotatable bonds is 4. The second-order valence-electron chi connectivity index (χ2n) is 4.24. The van der Waals surface area contributed by atoms with Crippen molar-refractivity contribution in [1.29, 1.82) is 0 Å². The minimum Gasteiger partial charge on any atom is -0.481 e. The van der Waals surface area contributed by atoms with E-state index in [0.29, 0.717) is 16.1 Å². The summed E-state index contributed by atoms with van der Waals surface area (Å²) in [4.78, 5) is 11.3. The van der Waals surface area contributed by atoms with Crippen LogP contribution in [0.4, 0.5) is 4.39 Å². The molecule has 4 heteroatoms. The summed E-state index contributed by atoms with van der Waals surface area (Å²) in [5.41, 5.74) is 0.957. The lowest BCUT2D eigenvalue weighted by molar-refractivity contribution is -0.138. The van der Waals surface area contributed by atoms with Crippen LogP contribution in [0.1, 0.15) is 17.0 Å². The summed E-state index contributed by atoms with van der Waals surface area (Å²) in [5.74, 6) is -2.20. The van der Waals surface area contributed by atoms with Crippen LogP contribution in [0, 0.1) is 5.82 Å². The molecule has 0 bridgehead atoms. The molecule has 0 amide bonds. The second-order valence-corrected chi connectivity index (χ2v) is 4.68. The Kier molecular flexibility index (Phi) is 4.17. The van der Waals surface area contributed by atoms with Crippen LogP contribution >= 0.6 is 11.6 Å². The molecule has 1 atom stereocenters. The van der Waals surface area contributed by atoms with E-state index in [2.05, 4.69) is 0 Å². The predicted molar refractivity (Wildman–Crippen MR) is 71.9 cm³/mol. The summed E-state index contributed by atoms with van der Waals surface area (Å²) < 4.78 is 13.7. The van der Waals surface area contributed by atoms with Gasteiger partial charge in [0.2, 0.25) is 0 Å². The van der Waals surface area contributed by atoms with Gasteiger partial charge in [0.05, 0.1) is 5.92 Å². The Labute approximate surface area is 115 Å². The lowest BCUT2D eigenvalue weighted by atomic mass is 9.92. The van der Waals surface area contributed by atoms with Crippen molar-refractivity contribution in [3.8, 4) is 0 Å². The summed E-state index contributed by atoms with van der Waals surface area (Å²) >= 11 is 5.81. The Morgan fingerprint density at radius 3 is 2.53 bits per heavy atom. The molecule has 2 nitrogen and oxygen atoms in total. The molecule has 0 saturated heterocycles. The SMILES string of the molecule is O=C(O)C(Cc1cc(Cl)ccc1F)c1ccccc1. The smallest absolute Gasteiger partial charge is 0.311 e. The summed E-state index contributed by atoms with van der Waals surface area (Å²) in [6.07, 6.45) is 0.0751. The number of carboxylic acid groups (broad SMARTS) is 1. The van der Waals surface area contributed by atoms with Gasteiger partial charge < -0.3 is 5.11 Å². The van der Waals surface area contributed by atoms with Gasteiger partial charge in [-0.15, -0.1) is 0 Å². The lowest BCUT2D eigenvalue weighted by Gasteiger charge is -2.13. The number of hydrogen-bond donors (Lipinski definition) is 1. The molecule has 2 aromatic rings. The normalized spacial score (nSPS) is 12.1. The fourth-order valence-electron chi connectivity index (χ4n) is 1.95. The van der Waals surface area contributed by atoms with Gasteiger partial charge >= 0.3 is 5.97 Å². The summed E-state index contributed by atoms with van der Waals surface area (Å²) in [6.45, 7) is 0. The first-order valence-electron chi connectivity index (χ1n) is 5.79. The minimum atomic E-state index is -0.981. The molecule has 0 aliphatic rings. The third kappa shape index (κ3) is 3.32. The van der Waals surface area contributed by atoms with E-state index < -0.39 is 17.7 Å². The van der Waals surface area contributed by atoms with Gasteiger partial charge in [0, 0.05) is 5.02 Å². The maximum atomic E-state index is 13.7. The first-order chi connectivity index (χ1) is 9.08. The van der Waals surface area contributed by atoms with Crippen LogP contribution in [0.5, 0.6) is 0 Å². The number of aliphatic carboxylic acids is 1. The van der Waals surface area contributed by atoms with Crippen molar-refractivity contribution >= 4 is 17.6 Å². The van der Waals surface area contributed by atoms with E-state index in [1.54, 1.807) is 24.3 Å². The summed E-state index contributed by atoms with van der Waals surface area (Å²) in [7, 11) is 0. The fourth-order valence-corrected chi connectivity index (χ4v) is 2.15. The Hall–Kier alpha value is -1.87. The van der Waals surface area contributed by atoms with Crippen molar-refractivity contribution in [2.45, 2.75) is 12.3 Å². The molecule has 2 aromatic carbocycles. The van der Waals surface area contributed by atoms with Crippen molar-refractivity contribution in [3.05, 3.63) is 70.5 Å². The van der Waals surface area contributed by atoms with E-state index in [0.717, 1.165) is 0 Å². The van der Waals surface area contributed by atoms with Crippen molar-refractivity contribution in [2.24, 2.45) is 0 Å². The van der Waals surface area contributed by atoms with Crippen LogP contribution in [0.2, 0.25) is 5.02 Å². The molecule has 1 unspecified atom stereocenters. The third-order valence-electron chi connectivity index (χ3n) is 2.93. The molecular formula is C15H12ClFO2. The van der Waals surface area contributed by atoms with E-state index in [9.17, 15) is 14.3 Å². The van der Waals surface area contributed by atoms with Crippen molar-refractivity contribution < 1.29 is 14.3 Å². The monoisotopic (exact) mass is 278 g/mol. The van der Waals surface area contributed by atoms with Crippen LogP contribution in [-0.4, -0.2) is 11.1 Å². The number of halogens is 2. The molecule has 0 radical (unpaired) electrons. The van der Waals surface area contributed by atoms with E-state index in [4.69, 9.17) is 11.6 Å². The van der Waals surface area contributed by atoms with Gasteiger partial charge in [0.15, 0.2) is 0 Å². The van der Waals surface area contributed by atoms with Gasteiger partial charge in [-0.3, -0.25) is 4.79 Å². The molecule has 0 heterocycles. The van der Waals surface area contributed by atoms with Crippen molar-refractivity contribution in [3.63, 3.8) is 0 Å². The van der Waals surface area contributed by atoms with E-state index >= 15 is 0 Å². The van der Waals surface area contributed by atoms with Crippen molar-refractivity contribution in [2.75, 3.05) is 0 Å². The number of carboxylic acids is 1. The number of hydrogen-bond acceptors (Lipinski definition) is 1. The van der Waals surface area contributed by atoms with Crippen molar-refractivity contribution in [1.82, 2.24) is 0 Å². The van der Waals surface area contributed by atoms with Gasteiger partial charge in [-0.1, -0.05) is 41.9 Å². The van der Waals surface area contributed by atoms with Crippen LogP contribution in [0.25, 0.3) is 0 Å². The highest BCUT2D eigenvalue weighted by molar-refractivity contribution is 6.30. The second kappa shape index (κ2) is 5.85. The highest BCUT2D eigenvalue weighted by Gasteiger charge is 2.21. The Balaban J connectivity index is 2.32. The molecule has 98 valence electrons. The predicted octanol–water partition coefficient (Wildman–Crippen LogP) is 3.89. The highest BCUT2D eigenvalue weighted by atomic mass is 35.5. The van der Waals surface area contributed by atoms with Crippen LogP contribution in [0.3, 0.4) is 0 Å². The molecule has 19 heavy (non-hydrogen) atoms. The van der Waals surface area contributed by atoms with Gasteiger partial charge in [-0.05, 0) is 35.7 Å². The minimum absolute atomic E-state index is 0.0751. The first-order valence-corrected chi connectivity index (χ1v) is 6.17. The largest absolute Gasteiger partial charge is 0.481 e. The molecule has 2 rings (SSSR count). The third-order valence-corrected chi connectivity index (χ3v) is 3.17. The maximum Gasteiger partial charge on any atom is 0.311 e. The quantitative estimate of drug-likeness (QED) is 0.921. The van der Waals surface area contributed by atoms with Gasteiger partial charge in [0.1, 0.15) is 5.82 Å². The zero-order valence-corrected chi connectivity index (χ0v) is 10.8. The van der Waals surface area contributed by atoms with E-state index in [1.165, 1.54) is 18.2 Å². The molecule has 0 fully saturated rings. The zero-order chi connectivity index (χ0) is 13.8. The zero-order valence-electron chi connectivity index (χ0n) is 10.0. The number of benzene rings is 2. The molecule has 0 saturated carbocycles. The molecule has 1 N–H and O–H groups in total. The molecule has 0 aliphatic heterocycles. The summed E-state index contributed by atoms with van der Waals surface area (Å²) in [5, 5.41) is 9.69. The summed E-state index contributed by atoms with van der Waals surface area (Å²) in [6, 6.07) is 12.9. The van der Waals surface area contributed by atoms with Crippen LogP contribution < -0.4 is 0 Å². The molecule has 0 aliphatic carbocycles. The van der Waals surface area contributed by atoms with Gasteiger partial charge in [0.25, 0.3) is 0 Å². The highest BCUT2D eigenvalue weighted by Crippen LogP contribution is 2.24.